The second-order valence-electron chi connectivity index (χ2n) is 8.59. The van der Waals surface area contributed by atoms with Gasteiger partial charge < -0.3 is 20.5 Å². The summed E-state index contributed by atoms with van der Waals surface area (Å²) in [6, 6.07) is 13.5. The van der Waals surface area contributed by atoms with Crippen molar-refractivity contribution in [1.82, 2.24) is 5.32 Å². The first-order valence-electron chi connectivity index (χ1n) is 11.1. The maximum atomic E-state index is 12.8. The van der Waals surface area contributed by atoms with E-state index >= 15 is 0 Å². The van der Waals surface area contributed by atoms with Crippen molar-refractivity contribution < 1.29 is 32.2 Å². The van der Waals surface area contributed by atoms with Gasteiger partial charge in [0.2, 0.25) is 0 Å². The van der Waals surface area contributed by atoms with Crippen LogP contribution in [0.15, 0.2) is 60.7 Å². The Morgan fingerprint density at radius 1 is 1.00 bits per heavy atom. The van der Waals surface area contributed by atoms with Crippen LogP contribution in [-0.4, -0.2) is 30.6 Å². The monoisotopic (exact) mass is 488 g/mol. The standard InChI is InChI=1S/C26H27F3N2O4/c1-15(2)23(30)25(33)34-14-16(3)31-24(32)18-7-12-21-17(13-18)5-4-6-22(21)35-20-10-8-19(9-11-20)26(27,28)29/h4-13,15-16,23H,14,30H2,1-3H3,(H,31,32)/t16-,23+/m1/s1. The SMILES string of the molecule is CC(C)[C@H](N)C(=O)OC[C@@H](C)NC(=O)c1ccc2c(Oc3ccc(C(F)(F)F)cc3)cccc2c1. The van der Waals surface area contributed by atoms with Crippen molar-refractivity contribution in [3.8, 4) is 11.5 Å². The van der Waals surface area contributed by atoms with Crippen LogP contribution in [0.4, 0.5) is 13.2 Å². The number of amides is 1. The Bertz CT molecular complexity index is 1190. The zero-order valence-electron chi connectivity index (χ0n) is 19.6. The summed E-state index contributed by atoms with van der Waals surface area (Å²) in [4.78, 5) is 24.6. The number of hydrogen-bond acceptors (Lipinski definition) is 5. The molecule has 1 amide bonds. The Labute approximate surface area is 201 Å². The summed E-state index contributed by atoms with van der Waals surface area (Å²) in [5, 5.41) is 4.18. The van der Waals surface area contributed by atoms with Crippen LogP contribution >= 0.6 is 0 Å². The van der Waals surface area contributed by atoms with Crippen LogP contribution in [-0.2, 0) is 15.7 Å². The van der Waals surface area contributed by atoms with Crippen LogP contribution in [0.3, 0.4) is 0 Å². The summed E-state index contributed by atoms with van der Waals surface area (Å²) < 4.78 is 49.3. The molecule has 0 saturated carbocycles. The number of carbonyl (C=O) groups is 2. The summed E-state index contributed by atoms with van der Waals surface area (Å²) in [7, 11) is 0. The smallest absolute Gasteiger partial charge is 0.416 e. The van der Waals surface area contributed by atoms with Crippen LogP contribution in [0.1, 0.15) is 36.7 Å². The van der Waals surface area contributed by atoms with Gasteiger partial charge in [0.05, 0.1) is 11.6 Å². The highest BCUT2D eigenvalue weighted by molar-refractivity contribution is 6.00. The molecule has 0 unspecified atom stereocenters. The quantitative estimate of drug-likeness (QED) is 0.420. The molecule has 0 bridgehead atoms. The molecule has 3 aromatic rings. The summed E-state index contributed by atoms with van der Waals surface area (Å²) in [5.74, 6) is -0.230. The first-order chi connectivity index (χ1) is 16.5. The van der Waals surface area contributed by atoms with Crippen molar-refractivity contribution in [2.75, 3.05) is 6.61 Å². The molecule has 0 saturated heterocycles. The molecule has 35 heavy (non-hydrogen) atoms. The lowest BCUT2D eigenvalue weighted by Crippen LogP contribution is -2.41. The highest BCUT2D eigenvalue weighted by Crippen LogP contribution is 2.33. The Balaban J connectivity index is 1.68. The van der Waals surface area contributed by atoms with Crippen LogP contribution in [0.5, 0.6) is 11.5 Å². The fourth-order valence-electron chi connectivity index (χ4n) is 3.25. The van der Waals surface area contributed by atoms with Gasteiger partial charge in [-0.3, -0.25) is 9.59 Å². The summed E-state index contributed by atoms with van der Waals surface area (Å²) in [6.45, 7) is 5.33. The van der Waals surface area contributed by atoms with Gasteiger partial charge in [0, 0.05) is 10.9 Å². The average molecular weight is 489 g/mol. The number of halogens is 3. The molecule has 9 heteroatoms. The third kappa shape index (κ3) is 6.73. The van der Waals surface area contributed by atoms with Gasteiger partial charge in [0.1, 0.15) is 24.1 Å². The number of nitrogens with two attached hydrogens (primary N) is 1. The van der Waals surface area contributed by atoms with Gasteiger partial charge in [0.15, 0.2) is 0 Å². The number of esters is 1. The second kappa shape index (κ2) is 10.8. The maximum absolute atomic E-state index is 12.8. The van der Waals surface area contributed by atoms with Crippen molar-refractivity contribution in [2.24, 2.45) is 11.7 Å². The summed E-state index contributed by atoms with van der Waals surface area (Å²) in [5.41, 5.74) is 5.39. The average Bonchev–Trinajstić information content (AvgIpc) is 2.81. The molecule has 2 atom stereocenters. The number of fused-ring (bicyclic) bond motifs is 1. The van der Waals surface area contributed by atoms with Gasteiger partial charge in [-0.15, -0.1) is 0 Å². The zero-order chi connectivity index (χ0) is 25.8. The molecular weight excluding hydrogens is 461 g/mol. The van der Waals surface area contributed by atoms with Crippen LogP contribution < -0.4 is 15.8 Å². The van der Waals surface area contributed by atoms with E-state index in [0.717, 1.165) is 12.1 Å². The van der Waals surface area contributed by atoms with E-state index in [1.54, 1.807) is 43.3 Å². The molecule has 0 radical (unpaired) electrons. The van der Waals surface area contributed by atoms with Crippen molar-refractivity contribution in [2.45, 2.75) is 39.0 Å². The molecule has 0 heterocycles. The normalized spacial score (nSPS) is 13.4. The Kier molecular flexibility index (Phi) is 8.01. The summed E-state index contributed by atoms with van der Waals surface area (Å²) in [6.07, 6.45) is -4.42. The van der Waals surface area contributed by atoms with Crippen LogP contribution in [0, 0.1) is 5.92 Å². The maximum Gasteiger partial charge on any atom is 0.416 e. The lowest BCUT2D eigenvalue weighted by molar-refractivity contribution is -0.146. The Hall–Kier alpha value is -3.59. The molecule has 6 nitrogen and oxygen atoms in total. The number of alkyl halides is 3. The third-order valence-corrected chi connectivity index (χ3v) is 5.36. The zero-order valence-corrected chi connectivity index (χ0v) is 19.6. The molecule has 0 aliphatic rings. The molecule has 0 fully saturated rings. The van der Waals surface area contributed by atoms with E-state index in [2.05, 4.69) is 5.32 Å². The topological polar surface area (TPSA) is 90.7 Å². The highest BCUT2D eigenvalue weighted by Gasteiger charge is 2.30. The van der Waals surface area contributed by atoms with E-state index in [4.69, 9.17) is 15.2 Å². The largest absolute Gasteiger partial charge is 0.462 e. The van der Waals surface area contributed by atoms with E-state index in [9.17, 15) is 22.8 Å². The first-order valence-corrected chi connectivity index (χ1v) is 11.1. The van der Waals surface area contributed by atoms with Crippen molar-refractivity contribution in [3.05, 3.63) is 71.8 Å². The molecule has 0 spiro atoms. The highest BCUT2D eigenvalue weighted by atomic mass is 19.4. The number of hydrogen-bond donors (Lipinski definition) is 2. The molecule has 186 valence electrons. The lowest BCUT2D eigenvalue weighted by Gasteiger charge is -2.18. The number of rotatable bonds is 8. The van der Waals surface area contributed by atoms with Crippen LogP contribution in [0.25, 0.3) is 10.8 Å². The van der Waals surface area contributed by atoms with Gasteiger partial charge in [-0.2, -0.15) is 13.2 Å². The Morgan fingerprint density at radius 3 is 2.31 bits per heavy atom. The van der Waals surface area contributed by atoms with E-state index < -0.39 is 29.8 Å². The van der Waals surface area contributed by atoms with Crippen molar-refractivity contribution in [1.29, 1.82) is 0 Å². The Morgan fingerprint density at radius 2 is 1.69 bits per heavy atom. The second-order valence-corrected chi connectivity index (χ2v) is 8.59. The van der Waals surface area contributed by atoms with Gasteiger partial charge in [-0.1, -0.05) is 26.0 Å². The third-order valence-electron chi connectivity index (χ3n) is 5.36. The minimum atomic E-state index is -4.42. The minimum absolute atomic E-state index is 0.0102. The summed E-state index contributed by atoms with van der Waals surface area (Å²) >= 11 is 0. The van der Waals surface area contributed by atoms with E-state index in [-0.39, 0.29) is 24.2 Å². The lowest BCUT2D eigenvalue weighted by atomic mass is 10.1. The molecule has 3 aromatic carbocycles. The number of carbonyl (C=O) groups excluding carboxylic acids is 2. The predicted molar refractivity (Wildman–Crippen MR) is 126 cm³/mol. The fraction of sp³-hybridized carbons (Fsp3) is 0.308. The molecule has 0 aliphatic heterocycles. The molecule has 3 rings (SSSR count). The molecule has 0 aromatic heterocycles. The predicted octanol–water partition coefficient (Wildman–Crippen LogP) is 5.30. The van der Waals surface area contributed by atoms with Gasteiger partial charge in [0.25, 0.3) is 5.91 Å². The molecule has 0 aliphatic carbocycles. The van der Waals surface area contributed by atoms with Gasteiger partial charge in [-0.25, -0.2) is 0 Å². The number of benzene rings is 3. The number of ether oxygens (including phenoxy) is 2. The minimum Gasteiger partial charge on any atom is -0.462 e. The van der Waals surface area contributed by atoms with E-state index in [0.29, 0.717) is 22.1 Å². The van der Waals surface area contributed by atoms with E-state index in [1.807, 2.05) is 13.8 Å². The van der Waals surface area contributed by atoms with Crippen molar-refractivity contribution in [3.63, 3.8) is 0 Å². The van der Waals surface area contributed by atoms with E-state index in [1.165, 1.54) is 12.1 Å². The van der Waals surface area contributed by atoms with Crippen LogP contribution in [0.2, 0.25) is 0 Å². The van der Waals surface area contributed by atoms with Crippen molar-refractivity contribution >= 4 is 22.6 Å². The molecular formula is C26H27F3N2O4. The molecule has 3 N–H and O–H groups in total. The van der Waals surface area contributed by atoms with Gasteiger partial charge >= 0.3 is 12.1 Å². The first kappa shape index (κ1) is 26.0. The fourth-order valence-corrected chi connectivity index (χ4v) is 3.25. The van der Waals surface area contributed by atoms with Gasteiger partial charge in [-0.05, 0) is 66.8 Å². The number of nitrogens with one attached hydrogen (secondary N) is 1.